The molecule has 0 saturated carbocycles. The molecule has 0 aromatic heterocycles. The Bertz CT molecular complexity index is 533. The number of nitrogens with one attached hydrogen (secondary N) is 1. The summed E-state index contributed by atoms with van der Waals surface area (Å²) in [6, 6.07) is 15.5. The van der Waals surface area contributed by atoms with Gasteiger partial charge in [0.05, 0.1) is 12.6 Å². The van der Waals surface area contributed by atoms with Gasteiger partial charge in [-0.05, 0) is 29.3 Å². The van der Waals surface area contributed by atoms with Crippen LogP contribution in [0.4, 0.5) is 0 Å². The molecule has 100 valence electrons. The van der Waals surface area contributed by atoms with E-state index >= 15 is 0 Å². The summed E-state index contributed by atoms with van der Waals surface area (Å²) in [6.07, 6.45) is 0. The van der Waals surface area contributed by atoms with Gasteiger partial charge in [0.2, 0.25) is 0 Å². The maximum absolute atomic E-state index is 9.55. The van der Waals surface area contributed by atoms with Crippen molar-refractivity contribution in [3.63, 3.8) is 0 Å². The Balaban J connectivity index is 2.10. The van der Waals surface area contributed by atoms with Crippen molar-refractivity contribution in [2.45, 2.75) is 12.6 Å². The summed E-state index contributed by atoms with van der Waals surface area (Å²) in [5.41, 5.74) is 2.14. The highest BCUT2D eigenvalue weighted by molar-refractivity contribution is 9.10. The van der Waals surface area contributed by atoms with Crippen molar-refractivity contribution in [1.82, 2.24) is 5.32 Å². The Morgan fingerprint density at radius 1 is 1.16 bits per heavy atom. The zero-order chi connectivity index (χ0) is 13.7. The molecular weight excluding hydrogens is 326 g/mol. The van der Waals surface area contributed by atoms with Crippen LogP contribution < -0.4 is 5.32 Å². The van der Waals surface area contributed by atoms with Gasteiger partial charge in [-0.2, -0.15) is 0 Å². The van der Waals surface area contributed by atoms with E-state index in [0.29, 0.717) is 11.6 Å². The molecule has 0 amide bonds. The first-order valence-corrected chi connectivity index (χ1v) is 7.21. The van der Waals surface area contributed by atoms with Gasteiger partial charge in [0, 0.05) is 16.0 Å². The number of hydrogen-bond donors (Lipinski definition) is 2. The van der Waals surface area contributed by atoms with Crippen molar-refractivity contribution in [3.05, 3.63) is 69.2 Å². The molecule has 0 aliphatic heterocycles. The summed E-state index contributed by atoms with van der Waals surface area (Å²) in [5, 5.41) is 13.5. The van der Waals surface area contributed by atoms with Gasteiger partial charge in [0.1, 0.15) is 0 Å². The predicted octanol–water partition coefficient (Wildman–Crippen LogP) is 3.93. The number of halogens is 2. The van der Waals surface area contributed by atoms with Gasteiger partial charge < -0.3 is 10.4 Å². The molecule has 1 atom stereocenters. The molecule has 2 N–H and O–H groups in total. The molecule has 0 saturated heterocycles. The van der Waals surface area contributed by atoms with Crippen LogP contribution in [0.25, 0.3) is 0 Å². The fraction of sp³-hybridized carbons (Fsp3) is 0.200. The number of aliphatic hydroxyl groups is 1. The average Bonchev–Trinajstić information content (AvgIpc) is 2.44. The van der Waals surface area contributed by atoms with E-state index in [2.05, 4.69) is 33.4 Å². The second-order valence-electron chi connectivity index (χ2n) is 4.27. The third kappa shape index (κ3) is 4.05. The Labute approximate surface area is 126 Å². The van der Waals surface area contributed by atoms with Gasteiger partial charge in [0.15, 0.2) is 0 Å². The largest absolute Gasteiger partial charge is 0.394 e. The molecule has 0 aliphatic rings. The summed E-state index contributed by atoms with van der Waals surface area (Å²) < 4.78 is 0.941. The zero-order valence-electron chi connectivity index (χ0n) is 10.3. The van der Waals surface area contributed by atoms with Crippen LogP contribution in [-0.4, -0.2) is 11.7 Å². The van der Waals surface area contributed by atoms with Crippen molar-refractivity contribution in [2.75, 3.05) is 6.61 Å². The van der Waals surface area contributed by atoms with Crippen LogP contribution >= 0.6 is 27.5 Å². The summed E-state index contributed by atoms with van der Waals surface area (Å²) in [7, 11) is 0. The number of benzene rings is 2. The van der Waals surface area contributed by atoms with Gasteiger partial charge in [0.25, 0.3) is 0 Å². The fourth-order valence-electron chi connectivity index (χ4n) is 1.89. The maximum atomic E-state index is 9.55. The quantitative estimate of drug-likeness (QED) is 0.864. The van der Waals surface area contributed by atoms with E-state index in [1.165, 1.54) is 5.56 Å². The predicted molar refractivity (Wildman–Crippen MR) is 82.3 cm³/mol. The molecule has 4 heteroatoms. The molecule has 0 spiro atoms. The van der Waals surface area contributed by atoms with Gasteiger partial charge in [-0.3, -0.25) is 0 Å². The van der Waals surface area contributed by atoms with E-state index in [1.807, 2.05) is 36.4 Å². The minimum Gasteiger partial charge on any atom is -0.394 e. The molecule has 19 heavy (non-hydrogen) atoms. The normalized spacial score (nSPS) is 12.4. The maximum Gasteiger partial charge on any atom is 0.0627 e. The smallest absolute Gasteiger partial charge is 0.0627 e. The zero-order valence-corrected chi connectivity index (χ0v) is 12.7. The van der Waals surface area contributed by atoms with Gasteiger partial charge >= 0.3 is 0 Å². The van der Waals surface area contributed by atoms with Crippen LogP contribution in [-0.2, 0) is 6.54 Å². The first-order chi connectivity index (χ1) is 9.20. The van der Waals surface area contributed by atoms with Crippen LogP contribution in [0.3, 0.4) is 0 Å². The van der Waals surface area contributed by atoms with Crippen LogP contribution in [0.2, 0.25) is 5.02 Å². The molecule has 1 unspecified atom stereocenters. The summed E-state index contributed by atoms with van der Waals surface area (Å²) in [6.45, 7) is 0.719. The lowest BCUT2D eigenvalue weighted by Gasteiger charge is -2.18. The molecule has 2 rings (SSSR count). The molecule has 2 nitrogen and oxygen atoms in total. The van der Waals surface area contributed by atoms with E-state index in [1.54, 1.807) is 0 Å². The van der Waals surface area contributed by atoms with Crippen LogP contribution in [0.1, 0.15) is 17.2 Å². The van der Waals surface area contributed by atoms with Crippen LogP contribution in [0, 0.1) is 0 Å². The minimum absolute atomic E-state index is 0.0196. The minimum atomic E-state index is -0.145. The van der Waals surface area contributed by atoms with Gasteiger partial charge in [-0.25, -0.2) is 0 Å². The Kier molecular flexibility index (Phi) is 5.40. The first-order valence-electron chi connectivity index (χ1n) is 6.04. The van der Waals surface area contributed by atoms with E-state index < -0.39 is 0 Å². The van der Waals surface area contributed by atoms with Gasteiger partial charge in [-0.1, -0.05) is 57.9 Å². The van der Waals surface area contributed by atoms with Crippen molar-refractivity contribution in [1.29, 1.82) is 0 Å². The highest BCUT2D eigenvalue weighted by Crippen LogP contribution is 2.26. The second kappa shape index (κ2) is 7.06. The third-order valence-corrected chi connectivity index (χ3v) is 3.87. The topological polar surface area (TPSA) is 32.3 Å². The monoisotopic (exact) mass is 339 g/mol. The number of rotatable bonds is 5. The third-order valence-electron chi connectivity index (χ3n) is 2.91. The number of hydrogen-bond acceptors (Lipinski definition) is 2. The highest BCUT2D eigenvalue weighted by atomic mass is 79.9. The summed E-state index contributed by atoms with van der Waals surface area (Å²) in [5.74, 6) is 0. The van der Waals surface area contributed by atoms with E-state index in [-0.39, 0.29) is 12.6 Å². The Morgan fingerprint density at radius 3 is 2.58 bits per heavy atom. The molecule has 0 radical (unpaired) electrons. The summed E-state index contributed by atoms with van der Waals surface area (Å²) in [4.78, 5) is 0. The van der Waals surface area contributed by atoms with E-state index in [0.717, 1.165) is 10.0 Å². The number of aliphatic hydroxyl groups excluding tert-OH is 1. The first kappa shape index (κ1) is 14.5. The molecule has 0 bridgehead atoms. The highest BCUT2D eigenvalue weighted by Gasteiger charge is 2.13. The van der Waals surface area contributed by atoms with Crippen molar-refractivity contribution in [3.8, 4) is 0 Å². The lowest BCUT2D eigenvalue weighted by Crippen LogP contribution is -2.24. The molecule has 0 heterocycles. The second-order valence-corrected chi connectivity index (χ2v) is 5.56. The van der Waals surface area contributed by atoms with Crippen molar-refractivity contribution < 1.29 is 5.11 Å². The van der Waals surface area contributed by atoms with Crippen LogP contribution in [0.15, 0.2) is 53.0 Å². The summed E-state index contributed by atoms with van der Waals surface area (Å²) >= 11 is 9.49. The van der Waals surface area contributed by atoms with Crippen molar-refractivity contribution in [2.24, 2.45) is 0 Å². The molecular formula is C15H15BrClNO. The molecule has 0 aliphatic carbocycles. The Morgan fingerprint density at radius 2 is 1.89 bits per heavy atom. The molecule has 2 aromatic rings. The molecule has 2 aromatic carbocycles. The lowest BCUT2D eigenvalue weighted by molar-refractivity contribution is 0.243. The van der Waals surface area contributed by atoms with Gasteiger partial charge in [-0.15, -0.1) is 0 Å². The lowest BCUT2D eigenvalue weighted by atomic mass is 10.1. The van der Waals surface area contributed by atoms with Crippen molar-refractivity contribution >= 4 is 27.5 Å². The molecule has 0 fully saturated rings. The fourth-order valence-corrected chi connectivity index (χ4v) is 2.59. The van der Waals surface area contributed by atoms with E-state index in [4.69, 9.17) is 11.6 Å². The van der Waals surface area contributed by atoms with E-state index in [9.17, 15) is 5.11 Å². The average molecular weight is 341 g/mol. The Hall–Kier alpha value is -0.870. The van der Waals surface area contributed by atoms with Crippen LogP contribution in [0.5, 0.6) is 0 Å². The standard InChI is InChI=1S/C15H15BrClNO/c16-14-7-6-12(17)8-13(14)15(10-19)18-9-11-4-2-1-3-5-11/h1-8,15,18-19H,9-10H2. The SMILES string of the molecule is OCC(NCc1ccccc1)c1cc(Cl)ccc1Br.